The number of amides is 2. The second-order valence-corrected chi connectivity index (χ2v) is 18.0. The van der Waals surface area contributed by atoms with Crippen molar-refractivity contribution < 1.29 is 47.7 Å². The van der Waals surface area contributed by atoms with Crippen molar-refractivity contribution in [3.05, 3.63) is 125 Å². The molecule has 15 nitrogen and oxygen atoms in total. The van der Waals surface area contributed by atoms with E-state index in [0.29, 0.717) is 37.4 Å². The lowest BCUT2D eigenvalue weighted by Gasteiger charge is -2.37. The van der Waals surface area contributed by atoms with Crippen molar-refractivity contribution in [2.24, 2.45) is 0 Å². The Labute approximate surface area is 349 Å². The Bertz CT molecular complexity index is 2350. The number of ether oxygens (including phenoxy) is 3. The van der Waals surface area contributed by atoms with Crippen LogP contribution in [-0.4, -0.2) is 111 Å². The molecule has 3 N–H and O–H groups in total. The van der Waals surface area contributed by atoms with Crippen LogP contribution in [0.15, 0.2) is 103 Å². The number of fused-ring (bicyclic) bond motifs is 2. The third kappa shape index (κ3) is 8.88. The lowest BCUT2D eigenvalue weighted by atomic mass is 9.76. The highest BCUT2D eigenvalue weighted by molar-refractivity contribution is 7.51. The molecule has 0 bridgehead atoms. The predicted molar refractivity (Wildman–Crippen MR) is 227 cm³/mol. The van der Waals surface area contributed by atoms with Gasteiger partial charge in [0.15, 0.2) is 12.1 Å². The van der Waals surface area contributed by atoms with Crippen LogP contribution in [0.4, 0.5) is 10.6 Å². The van der Waals surface area contributed by atoms with Gasteiger partial charge in [-0.15, -0.1) is 0 Å². The molecule has 4 saturated heterocycles. The average molecular weight is 833 g/mol. The molecule has 60 heavy (non-hydrogen) atoms. The minimum absolute atomic E-state index is 0.175. The fraction of sp³-hybridized carbons (Fsp3) is 0.366. The highest BCUT2D eigenvalue weighted by Gasteiger charge is 2.56. The molecule has 4 fully saturated rings. The van der Waals surface area contributed by atoms with Crippen LogP contribution in [0.2, 0.25) is 6.82 Å². The smallest absolute Gasteiger partial charge is 0.431 e. The van der Waals surface area contributed by atoms with Crippen LogP contribution in [0.5, 0.6) is 5.75 Å². The summed E-state index contributed by atoms with van der Waals surface area (Å²) in [6, 6.07) is 31.9. The number of anilines is 1. The lowest BCUT2D eigenvalue weighted by molar-refractivity contribution is -0.157. The van der Waals surface area contributed by atoms with Crippen molar-refractivity contribution in [1.82, 2.24) is 19.5 Å². The van der Waals surface area contributed by atoms with Gasteiger partial charge in [0.05, 0.1) is 30.6 Å². The maximum absolute atomic E-state index is 15.7. The number of rotatable bonds is 15. The number of carbonyl (C=O) groups excluding carboxylic acids is 1. The van der Waals surface area contributed by atoms with E-state index >= 15 is 4.79 Å². The Morgan fingerprint density at radius 3 is 1.83 bits per heavy atom. The molecule has 310 valence electrons. The zero-order chi connectivity index (χ0) is 41.8. The Morgan fingerprint density at radius 1 is 0.817 bits per heavy atom. The van der Waals surface area contributed by atoms with Crippen molar-refractivity contribution >= 4 is 51.5 Å². The lowest BCUT2D eigenvalue weighted by Crippen LogP contribution is -2.51. The van der Waals surface area contributed by atoms with E-state index in [0.717, 1.165) is 33.2 Å². The Kier molecular flexibility index (Phi) is 11.1. The minimum atomic E-state index is -4.38. The van der Waals surface area contributed by atoms with Crippen LogP contribution >= 0.6 is 7.60 Å². The van der Waals surface area contributed by atoms with Crippen LogP contribution in [0.25, 0.3) is 10.9 Å². The molecule has 0 spiro atoms. The summed E-state index contributed by atoms with van der Waals surface area (Å²) in [4.78, 5) is 38.2. The monoisotopic (exact) mass is 833 g/mol. The molecule has 5 aromatic rings. The summed E-state index contributed by atoms with van der Waals surface area (Å²) < 4.78 is 45.7. The molecule has 4 aromatic carbocycles. The molecular formula is C41H47B3N5O10P. The molecule has 4 aliphatic rings. The van der Waals surface area contributed by atoms with Gasteiger partial charge in [0.1, 0.15) is 23.8 Å². The summed E-state index contributed by atoms with van der Waals surface area (Å²) >= 11 is 0. The molecular weight excluding hydrogens is 786 g/mol. The molecule has 2 amide bonds. The fourth-order valence-electron chi connectivity index (χ4n) is 8.60. The number of hydrogen-bond acceptors (Lipinski definition) is 10. The molecule has 9 rings (SSSR count). The molecule has 5 heterocycles. The van der Waals surface area contributed by atoms with Gasteiger partial charge in [-0.25, -0.2) is 4.79 Å². The van der Waals surface area contributed by atoms with Gasteiger partial charge < -0.3 is 52.9 Å². The van der Waals surface area contributed by atoms with Crippen molar-refractivity contribution in [1.29, 1.82) is 0 Å². The highest BCUT2D eigenvalue weighted by atomic mass is 31.2. The van der Waals surface area contributed by atoms with E-state index in [4.69, 9.17) is 28.6 Å². The third-order valence-corrected chi connectivity index (χ3v) is 11.9. The molecule has 4 aliphatic heterocycles. The fourth-order valence-corrected chi connectivity index (χ4v) is 8.92. The average Bonchev–Trinajstić information content (AvgIpc) is 4.17. The van der Waals surface area contributed by atoms with E-state index in [1.807, 2.05) is 83.0 Å². The predicted octanol–water partition coefficient (Wildman–Crippen LogP) is 4.61. The second-order valence-electron chi connectivity index (χ2n) is 16.4. The Morgan fingerprint density at radius 2 is 1.33 bits per heavy atom. The number of hydrogen-bond donors (Lipinski definition) is 3. The van der Waals surface area contributed by atoms with Crippen LogP contribution in [-0.2, 0) is 49.3 Å². The summed E-state index contributed by atoms with van der Waals surface area (Å²) in [6.45, 7) is 7.04. The topological polar surface area (TPSA) is 175 Å². The SMILES string of the molecule is CB(O)n1nc(N(B2CO2)B2CO2)c2cc(CN3C(=O)N(Cc4ccc(OCP(=O)(O)O)cc4)[C@H](Cc4ccccc4)[C@@H]4OC(C)(C)O[C@H]4[C@H]3Cc3ccccc3)ccc21. The van der Waals surface area contributed by atoms with Crippen LogP contribution in [0.1, 0.15) is 36.1 Å². The van der Waals surface area contributed by atoms with Gasteiger partial charge >= 0.3 is 34.8 Å². The van der Waals surface area contributed by atoms with E-state index in [1.54, 1.807) is 35.7 Å². The zero-order valence-electron chi connectivity index (χ0n) is 33.7. The van der Waals surface area contributed by atoms with Crippen molar-refractivity contribution in [3.8, 4) is 5.75 Å². The van der Waals surface area contributed by atoms with Gasteiger partial charge in [0.25, 0.3) is 0 Å². The molecule has 0 saturated carbocycles. The quantitative estimate of drug-likeness (QED) is 0.0761. The molecule has 4 atom stereocenters. The number of urea groups is 1. The van der Waals surface area contributed by atoms with E-state index < -0.39 is 51.1 Å². The van der Waals surface area contributed by atoms with E-state index in [1.165, 1.54) is 0 Å². The van der Waals surface area contributed by atoms with Gasteiger partial charge in [-0.05, 0) is 80.0 Å². The van der Waals surface area contributed by atoms with Crippen molar-refractivity contribution in [2.45, 2.75) is 76.7 Å². The van der Waals surface area contributed by atoms with E-state index in [9.17, 15) is 19.4 Å². The summed E-state index contributed by atoms with van der Waals surface area (Å²) in [5.74, 6) is 0.00260. The van der Waals surface area contributed by atoms with Crippen LogP contribution in [0, 0.1) is 0 Å². The Balaban J connectivity index is 1.14. The first-order valence-electron chi connectivity index (χ1n) is 20.3. The number of aromatic nitrogens is 2. The Hall–Kier alpha value is -4.64. The molecule has 0 radical (unpaired) electrons. The van der Waals surface area contributed by atoms with Crippen LogP contribution in [0.3, 0.4) is 0 Å². The van der Waals surface area contributed by atoms with Gasteiger partial charge in [0.2, 0.25) is 0 Å². The highest BCUT2D eigenvalue weighted by Crippen LogP contribution is 2.42. The minimum Gasteiger partial charge on any atom is -0.481 e. The van der Waals surface area contributed by atoms with Gasteiger partial charge in [-0.2, -0.15) is 5.10 Å². The second kappa shape index (κ2) is 16.3. The van der Waals surface area contributed by atoms with Gasteiger partial charge in [0, 0.05) is 18.5 Å². The number of nitrogens with zero attached hydrogens (tertiary/aromatic N) is 5. The summed E-state index contributed by atoms with van der Waals surface area (Å²) in [5.41, 5.74) is 4.48. The van der Waals surface area contributed by atoms with E-state index in [2.05, 4.69) is 24.3 Å². The summed E-state index contributed by atoms with van der Waals surface area (Å²) in [5, 5.41) is 16.4. The standard InChI is InChI=1S/C41H47B3N5O10P/c1-41(2)58-37-35(21-28-10-6-4-7-11-28)46(23-30-14-17-32(18-15-30)55-27-60(52,53)54)40(50)47(36(38(37)59-41)22-29-12-8-5-9-13-29)24-31-16-19-34-33(20-31)39(45-49(34)42(3)51)48(43-25-56-43)44-26-57-44/h4-20,35-38,51H,21-27H2,1-3H3,(H2,52,53,54)/t35-,36-,37+,38+/m1/s1. The number of benzene rings is 4. The summed E-state index contributed by atoms with van der Waals surface area (Å²) in [7, 11) is -5.62. The molecule has 1 aromatic heterocycles. The zero-order valence-corrected chi connectivity index (χ0v) is 34.6. The maximum atomic E-state index is 15.7. The van der Waals surface area contributed by atoms with Gasteiger partial charge in [-0.1, -0.05) is 78.9 Å². The molecule has 0 aliphatic carbocycles. The normalized spacial score (nSPS) is 22.2. The molecule has 0 unspecified atom stereocenters. The van der Waals surface area contributed by atoms with E-state index in [-0.39, 0.29) is 33.2 Å². The van der Waals surface area contributed by atoms with Crippen LogP contribution < -0.4 is 9.46 Å². The van der Waals surface area contributed by atoms with Crippen molar-refractivity contribution in [2.75, 3.05) is 24.1 Å². The number of carbonyl (C=O) groups is 1. The van der Waals surface area contributed by atoms with Gasteiger partial charge in [-0.3, -0.25) is 9.16 Å². The van der Waals surface area contributed by atoms with Crippen molar-refractivity contribution in [3.63, 3.8) is 0 Å². The largest absolute Gasteiger partial charge is 0.481 e. The summed E-state index contributed by atoms with van der Waals surface area (Å²) in [6.07, 6.45) is -0.767. The first-order chi connectivity index (χ1) is 28.8. The maximum Gasteiger partial charge on any atom is 0.431 e. The first kappa shape index (κ1) is 40.8. The molecule has 19 heteroatoms. The third-order valence-electron chi connectivity index (χ3n) is 11.4. The first-order valence-corrected chi connectivity index (χ1v) is 22.1.